The third-order valence-corrected chi connectivity index (χ3v) is 7.52. The SMILES string of the molecule is CCc1ccc(NC(=O)COC(=O)c2cccc(N3C(=O)[C@@H]4CC[C@H](c5ccccc5)C[C@H]4C3=O)c2)cc1. The zero-order chi connectivity index (χ0) is 26.6. The van der Waals surface area contributed by atoms with E-state index in [0.29, 0.717) is 24.2 Å². The number of benzene rings is 3. The minimum atomic E-state index is -0.705. The van der Waals surface area contributed by atoms with Crippen molar-refractivity contribution in [3.63, 3.8) is 0 Å². The van der Waals surface area contributed by atoms with Crippen LogP contribution in [0.3, 0.4) is 0 Å². The van der Waals surface area contributed by atoms with E-state index in [1.54, 1.807) is 24.3 Å². The molecule has 3 aromatic rings. The van der Waals surface area contributed by atoms with E-state index >= 15 is 0 Å². The van der Waals surface area contributed by atoms with Crippen molar-refractivity contribution < 1.29 is 23.9 Å². The number of imide groups is 1. The first-order valence-electron chi connectivity index (χ1n) is 13.0. The Morgan fingerprint density at radius 3 is 2.37 bits per heavy atom. The van der Waals surface area contributed by atoms with Crippen molar-refractivity contribution in [2.75, 3.05) is 16.8 Å². The molecule has 2 fully saturated rings. The van der Waals surface area contributed by atoms with Gasteiger partial charge in [-0.05, 0) is 73.1 Å². The highest BCUT2D eigenvalue weighted by molar-refractivity contribution is 6.22. The Labute approximate surface area is 221 Å². The zero-order valence-electron chi connectivity index (χ0n) is 21.3. The van der Waals surface area contributed by atoms with E-state index in [1.165, 1.54) is 22.6 Å². The number of carbonyl (C=O) groups is 4. The Hall–Kier alpha value is -4.26. The van der Waals surface area contributed by atoms with Crippen molar-refractivity contribution in [1.82, 2.24) is 0 Å². The molecule has 1 N–H and O–H groups in total. The molecule has 2 aliphatic rings. The number of nitrogens with one attached hydrogen (secondary N) is 1. The van der Waals surface area contributed by atoms with E-state index < -0.39 is 18.5 Å². The molecule has 5 rings (SSSR count). The molecule has 1 aliphatic heterocycles. The van der Waals surface area contributed by atoms with Gasteiger partial charge in [0, 0.05) is 5.69 Å². The van der Waals surface area contributed by atoms with Crippen molar-refractivity contribution in [3.05, 3.63) is 95.6 Å². The van der Waals surface area contributed by atoms with Crippen LogP contribution in [0.2, 0.25) is 0 Å². The number of esters is 1. The van der Waals surface area contributed by atoms with Gasteiger partial charge in [-0.1, -0.05) is 55.5 Å². The van der Waals surface area contributed by atoms with Crippen LogP contribution in [0.5, 0.6) is 0 Å². The third-order valence-electron chi connectivity index (χ3n) is 7.52. The molecule has 3 amide bonds. The molecular weight excluding hydrogens is 480 g/mol. The summed E-state index contributed by atoms with van der Waals surface area (Å²) < 4.78 is 5.20. The number of fused-ring (bicyclic) bond motifs is 1. The van der Waals surface area contributed by atoms with Crippen LogP contribution < -0.4 is 10.2 Å². The molecule has 3 atom stereocenters. The standard InChI is InChI=1S/C31H30N2O5/c1-2-20-11-14-24(15-12-20)32-28(34)19-38-31(37)23-9-6-10-25(17-23)33-29(35)26-16-13-22(18-27(26)30(33)36)21-7-4-3-5-8-21/h3-12,14-15,17,22,26-27H,2,13,16,18-19H2,1H3,(H,32,34)/t22-,26+,27+/m0/s1. The Bertz CT molecular complexity index is 1350. The number of aryl methyl sites for hydroxylation is 1. The molecule has 194 valence electrons. The van der Waals surface area contributed by atoms with Gasteiger partial charge in [0.25, 0.3) is 5.91 Å². The molecule has 38 heavy (non-hydrogen) atoms. The van der Waals surface area contributed by atoms with Gasteiger partial charge in [0.1, 0.15) is 0 Å². The van der Waals surface area contributed by atoms with Gasteiger partial charge in [0.05, 0.1) is 23.1 Å². The van der Waals surface area contributed by atoms with Crippen LogP contribution >= 0.6 is 0 Å². The normalized spacial score (nSPS) is 20.7. The maximum absolute atomic E-state index is 13.4. The average molecular weight is 511 g/mol. The first-order chi connectivity index (χ1) is 18.4. The maximum atomic E-state index is 13.4. The Morgan fingerprint density at radius 2 is 1.63 bits per heavy atom. The molecule has 0 radical (unpaired) electrons. The zero-order valence-corrected chi connectivity index (χ0v) is 21.3. The van der Waals surface area contributed by atoms with Crippen molar-refractivity contribution in [2.24, 2.45) is 11.8 Å². The molecule has 1 aliphatic carbocycles. The molecule has 7 heteroatoms. The summed E-state index contributed by atoms with van der Waals surface area (Å²) in [4.78, 5) is 52.8. The van der Waals surface area contributed by atoms with E-state index in [1.807, 2.05) is 37.3 Å². The molecule has 0 unspecified atom stereocenters. The second-order valence-electron chi connectivity index (χ2n) is 9.87. The maximum Gasteiger partial charge on any atom is 0.338 e. The van der Waals surface area contributed by atoms with Crippen LogP contribution in [0.4, 0.5) is 11.4 Å². The van der Waals surface area contributed by atoms with Gasteiger partial charge in [-0.15, -0.1) is 0 Å². The molecule has 1 saturated heterocycles. The predicted molar refractivity (Wildman–Crippen MR) is 144 cm³/mol. The summed E-state index contributed by atoms with van der Waals surface area (Å²) in [5, 5.41) is 2.70. The summed E-state index contributed by atoms with van der Waals surface area (Å²) in [6.07, 6.45) is 3.04. The third kappa shape index (κ3) is 5.23. The van der Waals surface area contributed by atoms with Crippen molar-refractivity contribution >= 4 is 35.1 Å². The Kier molecular flexibility index (Phi) is 7.36. The minimum Gasteiger partial charge on any atom is -0.452 e. The first-order valence-corrected chi connectivity index (χ1v) is 13.0. The highest BCUT2D eigenvalue weighted by Crippen LogP contribution is 2.45. The number of anilines is 2. The van der Waals surface area contributed by atoms with E-state index in [-0.39, 0.29) is 35.1 Å². The fraction of sp³-hybridized carbons (Fsp3) is 0.290. The highest BCUT2D eigenvalue weighted by atomic mass is 16.5. The fourth-order valence-electron chi connectivity index (χ4n) is 5.47. The van der Waals surface area contributed by atoms with Gasteiger partial charge >= 0.3 is 5.97 Å². The summed E-state index contributed by atoms with van der Waals surface area (Å²) in [6, 6.07) is 23.8. The molecule has 3 aromatic carbocycles. The quantitative estimate of drug-likeness (QED) is 0.352. The lowest BCUT2D eigenvalue weighted by molar-refractivity contribution is -0.122. The Morgan fingerprint density at radius 1 is 0.895 bits per heavy atom. The number of hydrogen-bond acceptors (Lipinski definition) is 5. The molecule has 1 saturated carbocycles. The lowest BCUT2D eigenvalue weighted by Crippen LogP contribution is -2.31. The largest absolute Gasteiger partial charge is 0.452 e. The molecule has 0 bridgehead atoms. The number of ether oxygens (including phenoxy) is 1. The second-order valence-corrected chi connectivity index (χ2v) is 9.87. The van der Waals surface area contributed by atoms with Crippen LogP contribution in [-0.2, 0) is 25.5 Å². The van der Waals surface area contributed by atoms with Crippen LogP contribution in [0.15, 0.2) is 78.9 Å². The van der Waals surface area contributed by atoms with Gasteiger partial charge in [-0.25, -0.2) is 4.79 Å². The summed E-state index contributed by atoms with van der Waals surface area (Å²) in [5.41, 5.74) is 3.48. The van der Waals surface area contributed by atoms with Gasteiger partial charge in [0.2, 0.25) is 11.8 Å². The van der Waals surface area contributed by atoms with Crippen LogP contribution in [-0.4, -0.2) is 30.3 Å². The summed E-state index contributed by atoms with van der Waals surface area (Å²) in [7, 11) is 0. The fourth-order valence-corrected chi connectivity index (χ4v) is 5.47. The van der Waals surface area contributed by atoms with Crippen molar-refractivity contribution in [3.8, 4) is 0 Å². The van der Waals surface area contributed by atoms with Gasteiger partial charge in [0.15, 0.2) is 6.61 Å². The molecular formula is C31H30N2O5. The summed E-state index contributed by atoms with van der Waals surface area (Å²) in [6.45, 7) is 1.59. The monoisotopic (exact) mass is 510 g/mol. The number of carbonyl (C=O) groups excluding carboxylic acids is 4. The molecule has 0 spiro atoms. The van der Waals surface area contributed by atoms with Crippen molar-refractivity contribution in [1.29, 1.82) is 0 Å². The predicted octanol–water partition coefficient (Wildman–Crippen LogP) is 5.12. The number of hydrogen-bond donors (Lipinski definition) is 1. The number of rotatable bonds is 7. The van der Waals surface area contributed by atoms with Crippen LogP contribution in [0.1, 0.15) is 53.6 Å². The van der Waals surface area contributed by atoms with Crippen LogP contribution in [0.25, 0.3) is 0 Å². The molecule has 0 aromatic heterocycles. The smallest absolute Gasteiger partial charge is 0.338 e. The van der Waals surface area contributed by atoms with Gasteiger partial charge < -0.3 is 10.1 Å². The summed E-state index contributed by atoms with van der Waals surface area (Å²) >= 11 is 0. The Balaban J connectivity index is 1.23. The molecule has 7 nitrogen and oxygen atoms in total. The number of nitrogens with zero attached hydrogens (tertiary/aromatic N) is 1. The van der Waals surface area contributed by atoms with E-state index in [9.17, 15) is 19.2 Å². The van der Waals surface area contributed by atoms with E-state index in [0.717, 1.165) is 18.4 Å². The topological polar surface area (TPSA) is 92.8 Å². The van der Waals surface area contributed by atoms with Crippen molar-refractivity contribution in [2.45, 2.75) is 38.5 Å². The average Bonchev–Trinajstić information content (AvgIpc) is 3.21. The van der Waals surface area contributed by atoms with Gasteiger partial charge in [-0.3, -0.25) is 19.3 Å². The molecule has 1 heterocycles. The number of amides is 3. The lowest BCUT2D eigenvalue weighted by atomic mass is 9.73. The van der Waals surface area contributed by atoms with Crippen LogP contribution in [0, 0.1) is 11.8 Å². The second kappa shape index (κ2) is 11.0. The lowest BCUT2D eigenvalue weighted by Gasteiger charge is -2.28. The first kappa shape index (κ1) is 25.4. The van der Waals surface area contributed by atoms with Gasteiger partial charge in [-0.2, -0.15) is 0 Å². The highest BCUT2D eigenvalue weighted by Gasteiger charge is 2.50. The summed E-state index contributed by atoms with van der Waals surface area (Å²) in [5.74, 6) is -2.07. The van der Waals surface area contributed by atoms with E-state index in [4.69, 9.17) is 4.74 Å². The minimum absolute atomic E-state index is 0.167. The van der Waals surface area contributed by atoms with E-state index in [2.05, 4.69) is 17.4 Å².